The molecule has 5 nitrogen and oxygen atoms in total. The van der Waals surface area contributed by atoms with Crippen LogP contribution in [0.4, 0.5) is 5.95 Å². The SMILES string of the molecule is Cc1cc(C(C)C)nc(N2CCOC(C#N)C2)n1. The van der Waals surface area contributed by atoms with Crippen LogP contribution >= 0.6 is 0 Å². The summed E-state index contributed by atoms with van der Waals surface area (Å²) in [6, 6.07) is 4.15. The van der Waals surface area contributed by atoms with E-state index in [9.17, 15) is 0 Å². The van der Waals surface area contributed by atoms with Crippen molar-refractivity contribution < 1.29 is 4.74 Å². The third-order valence-corrected chi connectivity index (χ3v) is 2.95. The highest BCUT2D eigenvalue weighted by atomic mass is 16.5. The molecule has 1 fully saturated rings. The van der Waals surface area contributed by atoms with Gasteiger partial charge in [0, 0.05) is 17.9 Å². The predicted octanol–water partition coefficient (Wildman–Crippen LogP) is 1.64. The highest BCUT2D eigenvalue weighted by Gasteiger charge is 2.22. The molecule has 18 heavy (non-hydrogen) atoms. The maximum absolute atomic E-state index is 8.91. The van der Waals surface area contributed by atoms with Gasteiger partial charge in [0.25, 0.3) is 0 Å². The summed E-state index contributed by atoms with van der Waals surface area (Å²) in [5.74, 6) is 1.08. The second-order valence-electron chi connectivity index (χ2n) is 4.82. The Hall–Kier alpha value is -1.67. The van der Waals surface area contributed by atoms with Gasteiger partial charge in [0.05, 0.1) is 19.2 Å². The summed E-state index contributed by atoms with van der Waals surface area (Å²) >= 11 is 0. The quantitative estimate of drug-likeness (QED) is 0.793. The molecule has 5 heteroatoms. The van der Waals surface area contributed by atoms with Crippen molar-refractivity contribution in [2.24, 2.45) is 0 Å². The lowest BCUT2D eigenvalue weighted by atomic mass is 10.1. The predicted molar refractivity (Wildman–Crippen MR) is 68.4 cm³/mol. The molecule has 1 atom stereocenters. The molecule has 0 aliphatic carbocycles. The smallest absolute Gasteiger partial charge is 0.225 e. The number of hydrogen-bond acceptors (Lipinski definition) is 5. The van der Waals surface area contributed by atoms with Crippen molar-refractivity contribution in [3.8, 4) is 6.07 Å². The van der Waals surface area contributed by atoms with Crippen LogP contribution in [0.25, 0.3) is 0 Å². The Morgan fingerprint density at radius 1 is 1.50 bits per heavy atom. The molecule has 2 rings (SSSR count). The lowest BCUT2D eigenvalue weighted by Crippen LogP contribution is -2.42. The Kier molecular flexibility index (Phi) is 3.78. The molecular weight excluding hydrogens is 228 g/mol. The lowest BCUT2D eigenvalue weighted by molar-refractivity contribution is 0.0758. The first-order valence-corrected chi connectivity index (χ1v) is 6.22. The molecule has 0 bridgehead atoms. The van der Waals surface area contributed by atoms with Crippen molar-refractivity contribution in [2.45, 2.75) is 32.8 Å². The Labute approximate surface area is 107 Å². The zero-order valence-corrected chi connectivity index (χ0v) is 11.1. The van der Waals surface area contributed by atoms with Crippen LogP contribution in [0.1, 0.15) is 31.2 Å². The van der Waals surface area contributed by atoms with Gasteiger partial charge in [-0.15, -0.1) is 0 Å². The van der Waals surface area contributed by atoms with Gasteiger partial charge in [-0.1, -0.05) is 13.8 Å². The summed E-state index contributed by atoms with van der Waals surface area (Å²) < 4.78 is 5.33. The summed E-state index contributed by atoms with van der Waals surface area (Å²) in [4.78, 5) is 11.1. The first-order chi connectivity index (χ1) is 8.60. The molecule has 1 unspecified atom stereocenters. The summed E-state index contributed by atoms with van der Waals surface area (Å²) in [6.07, 6.45) is -0.384. The average molecular weight is 246 g/mol. The summed E-state index contributed by atoms with van der Waals surface area (Å²) in [5, 5.41) is 8.91. The first kappa shape index (κ1) is 12.8. The minimum Gasteiger partial charge on any atom is -0.360 e. The molecule has 1 aliphatic rings. The Bertz CT molecular complexity index is 467. The van der Waals surface area contributed by atoms with E-state index < -0.39 is 0 Å². The Morgan fingerprint density at radius 2 is 2.28 bits per heavy atom. The van der Waals surface area contributed by atoms with E-state index in [1.807, 2.05) is 17.9 Å². The molecule has 0 saturated carbocycles. The number of hydrogen-bond donors (Lipinski definition) is 0. The van der Waals surface area contributed by atoms with Crippen LogP contribution in [-0.4, -0.2) is 35.8 Å². The number of ether oxygens (including phenoxy) is 1. The lowest BCUT2D eigenvalue weighted by Gasteiger charge is -2.30. The third kappa shape index (κ3) is 2.77. The van der Waals surface area contributed by atoms with Crippen molar-refractivity contribution in [2.75, 3.05) is 24.6 Å². The standard InChI is InChI=1S/C13H18N4O/c1-9(2)12-6-10(3)15-13(16-12)17-4-5-18-11(7-14)8-17/h6,9,11H,4-5,8H2,1-3H3. The Morgan fingerprint density at radius 3 is 2.94 bits per heavy atom. The zero-order chi connectivity index (χ0) is 13.1. The Balaban J connectivity index is 2.25. The molecule has 1 aliphatic heterocycles. The summed E-state index contributed by atoms with van der Waals surface area (Å²) in [5.41, 5.74) is 2.00. The molecule has 0 N–H and O–H groups in total. The molecule has 1 aromatic heterocycles. The molecule has 0 spiro atoms. The fraction of sp³-hybridized carbons (Fsp3) is 0.615. The van der Waals surface area contributed by atoms with Gasteiger partial charge in [-0.2, -0.15) is 5.26 Å². The number of nitrogens with zero attached hydrogens (tertiary/aromatic N) is 4. The number of aromatic nitrogens is 2. The second kappa shape index (κ2) is 5.32. The molecule has 2 heterocycles. The van der Waals surface area contributed by atoms with Gasteiger partial charge in [-0.3, -0.25) is 0 Å². The molecule has 0 aromatic carbocycles. The number of nitriles is 1. The maximum Gasteiger partial charge on any atom is 0.225 e. The van der Waals surface area contributed by atoms with Gasteiger partial charge in [0.2, 0.25) is 5.95 Å². The van der Waals surface area contributed by atoms with Crippen LogP contribution < -0.4 is 4.90 Å². The van der Waals surface area contributed by atoms with Gasteiger partial charge in [0.15, 0.2) is 6.10 Å². The molecule has 1 saturated heterocycles. The van der Waals surface area contributed by atoms with Gasteiger partial charge in [-0.25, -0.2) is 9.97 Å². The minimum atomic E-state index is -0.384. The van der Waals surface area contributed by atoms with E-state index in [1.54, 1.807) is 0 Å². The minimum absolute atomic E-state index is 0.373. The fourth-order valence-corrected chi connectivity index (χ4v) is 1.92. The third-order valence-electron chi connectivity index (χ3n) is 2.95. The molecule has 0 amide bonds. The van der Waals surface area contributed by atoms with Gasteiger partial charge >= 0.3 is 0 Å². The first-order valence-electron chi connectivity index (χ1n) is 6.22. The molecule has 1 aromatic rings. The van der Waals surface area contributed by atoms with Crippen molar-refractivity contribution in [1.82, 2.24) is 9.97 Å². The fourth-order valence-electron chi connectivity index (χ4n) is 1.92. The number of aryl methyl sites for hydroxylation is 1. The van der Waals surface area contributed by atoms with Crippen molar-refractivity contribution in [3.05, 3.63) is 17.5 Å². The van der Waals surface area contributed by atoms with E-state index in [-0.39, 0.29) is 6.10 Å². The van der Waals surface area contributed by atoms with E-state index in [1.165, 1.54) is 0 Å². The number of morpholine rings is 1. The molecular formula is C13H18N4O. The van der Waals surface area contributed by atoms with Crippen LogP contribution in [0.2, 0.25) is 0 Å². The highest BCUT2D eigenvalue weighted by Crippen LogP contribution is 2.18. The highest BCUT2D eigenvalue weighted by molar-refractivity contribution is 5.34. The van der Waals surface area contributed by atoms with E-state index in [0.717, 1.165) is 17.9 Å². The van der Waals surface area contributed by atoms with E-state index in [4.69, 9.17) is 10.00 Å². The normalized spacial score (nSPS) is 19.9. The van der Waals surface area contributed by atoms with E-state index >= 15 is 0 Å². The van der Waals surface area contributed by atoms with Crippen LogP contribution in [0.5, 0.6) is 0 Å². The largest absolute Gasteiger partial charge is 0.360 e. The van der Waals surface area contributed by atoms with Crippen molar-refractivity contribution in [3.63, 3.8) is 0 Å². The summed E-state index contributed by atoms with van der Waals surface area (Å²) in [7, 11) is 0. The van der Waals surface area contributed by atoms with E-state index in [2.05, 4.69) is 29.9 Å². The van der Waals surface area contributed by atoms with Crippen molar-refractivity contribution in [1.29, 1.82) is 5.26 Å². The van der Waals surface area contributed by atoms with Gasteiger partial charge in [-0.05, 0) is 18.9 Å². The van der Waals surface area contributed by atoms with Crippen LogP contribution in [0, 0.1) is 18.3 Å². The topological polar surface area (TPSA) is 62.0 Å². The second-order valence-corrected chi connectivity index (χ2v) is 4.82. The average Bonchev–Trinajstić information content (AvgIpc) is 2.38. The number of rotatable bonds is 2. The molecule has 0 radical (unpaired) electrons. The monoisotopic (exact) mass is 246 g/mol. The maximum atomic E-state index is 8.91. The van der Waals surface area contributed by atoms with Crippen LogP contribution in [0.3, 0.4) is 0 Å². The number of anilines is 1. The van der Waals surface area contributed by atoms with Gasteiger partial charge in [0.1, 0.15) is 0 Å². The van der Waals surface area contributed by atoms with Crippen LogP contribution in [-0.2, 0) is 4.74 Å². The summed E-state index contributed by atoms with van der Waals surface area (Å²) in [6.45, 7) is 8.02. The van der Waals surface area contributed by atoms with Gasteiger partial charge < -0.3 is 9.64 Å². The van der Waals surface area contributed by atoms with Crippen LogP contribution in [0.15, 0.2) is 6.07 Å². The van der Waals surface area contributed by atoms with Crippen molar-refractivity contribution >= 4 is 5.95 Å². The molecule has 96 valence electrons. The van der Waals surface area contributed by atoms with E-state index in [0.29, 0.717) is 25.0 Å². The zero-order valence-electron chi connectivity index (χ0n) is 11.1.